The molecule has 5 fully saturated rings. The molecule has 0 aliphatic carbocycles. The first-order valence-corrected chi connectivity index (χ1v) is 34.8. The highest BCUT2D eigenvalue weighted by Crippen LogP contribution is 2.41. The van der Waals surface area contributed by atoms with Gasteiger partial charge in [0, 0.05) is 107 Å². The minimum Gasteiger partial charge on any atom is -0.504 e. The van der Waals surface area contributed by atoms with Crippen LogP contribution in [-0.4, -0.2) is 281 Å². The average Bonchev–Trinajstić information content (AvgIpc) is 1.60. The number of amides is 7. The summed E-state index contributed by atoms with van der Waals surface area (Å²) in [5, 5.41) is 114. The van der Waals surface area contributed by atoms with Crippen molar-refractivity contribution in [1.82, 2.24) is 41.7 Å². The number of piperazine rings is 1. The number of nitrogens with one attached hydrogen (secondary N) is 6. The van der Waals surface area contributed by atoms with Crippen LogP contribution in [-0.2, 0) is 39.9 Å². The smallest absolute Gasteiger partial charge is 0.266 e. The van der Waals surface area contributed by atoms with Crippen LogP contribution >= 0.6 is 11.2 Å². The Balaban J connectivity index is 0.952. The molecule has 5 aliphatic heterocycles. The van der Waals surface area contributed by atoms with Gasteiger partial charge in [0.15, 0.2) is 11.5 Å². The number of fused-ring (bicyclic) bond motifs is 2. The van der Waals surface area contributed by atoms with Crippen LogP contribution in [0.3, 0.4) is 0 Å². The van der Waals surface area contributed by atoms with Crippen molar-refractivity contribution < 1.29 is 102 Å². The fourth-order valence-electron chi connectivity index (χ4n) is 13.3. The van der Waals surface area contributed by atoms with Crippen LogP contribution in [0.4, 0.5) is 17.1 Å². The van der Waals surface area contributed by atoms with Crippen molar-refractivity contribution in [1.29, 1.82) is 0 Å². The monoisotopic (exact) mass is 1420 g/mol. The van der Waals surface area contributed by atoms with Gasteiger partial charge in [0.2, 0.25) is 35.4 Å². The van der Waals surface area contributed by atoms with E-state index in [2.05, 4.69) is 88.9 Å². The van der Waals surface area contributed by atoms with Gasteiger partial charge in [-0.3, -0.25) is 47.2 Å². The first-order valence-electron chi connectivity index (χ1n) is 33.4. The van der Waals surface area contributed by atoms with Gasteiger partial charge in [-0.15, -0.1) is 0 Å². The summed E-state index contributed by atoms with van der Waals surface area (Å²) in [7, 11) is 0. The summed E-state index contributed by atoms with van der Waals surface area (Å²) >= 11 is -4.74. The molecule has 548 valence electrons. The maximum Gasteiger partial charge on any atom is 0.266 e. The standard InChI is InChI=1S/C67H93N11O21S/c1-36-30-78-59(60(36)87)65(92)69-29-48(82)27-50(70-61(88)43-8-6-41(7-9-43)42-10-12-45(13-11-42)74-21-23-75(24-22-74)46-14-16-47(17-15-46)76-31-37(2)98-38(3)32-76)62(89)71-56(39(4)81)66(93)77-33-49(83)28-51(77)63(90)72-57(54(86)25-40-5-18-52(84)55(26-40)99-100(95,96)97)64(91)73-58(67(78)94)53(85)19-20-68-44(34-79)35-80/h5-18,26,36-39,44,48-51,53-54,56-60,68,79-87,95-97H,19-25,27-35H2,1-4H3,(H,69,92)(H,70,88)(H,71,89)(H,72,90)(H,73,91)/t36-,37-,38+,39+,48+,49+,50-,51-,53+,54+,56-,57-,58-,59-,60-/m0/s1. The van der Waals surface area contributed by atoms with Gasteiger partial charge in [-0.25, -0.2) is 0 Å². The number of carbonyl (C=O) groups is 7. The van der Waals surface area contributed by atoms with Crippen molar-refractivity contribution in [3.05, 3.63) is 102 Å². The Morgan fingerprint density at radius 1 is 0.640 bits per heavy atom. The third-order valence-electron chi connectivity index (χ3n) is 18.7. The topological polar surface area (TPSA) is 469 Å². The van der Waals surface area contributed by atoms with Gasteiger partial charge in [-0.05, 0) is 111 Å². The number of aliphatic hydroxyl groups excluding tert-OH is 8. The number of phenols is 1. The Kier molecular flexibility index (Phi) is 25.6. The van der Waals surface area contributed by atoms with E-state index in [-0.39, 0.29) is 36.4 Å². The van der Waals surface area contributed by atoms with E-state index in [1.54, 1.807) is 12.1 Å². The molecule has 5 heterocycles. The van der Waals surface area contributed by atoms with Gasteiger partial charge in [-0.2, -0.15) is 0 Å². The zero-order valence-electron chi connectivity index (χ0n) is 55.9. The number of carbonyl (C=O) groups excluding carboxylic acids is 7. The summed E-state index contributed by atoms with van der Waals surface area (Å²) in [6, 6.07) is 13.6. The molecule has 5 saturated heterocycles. The SMILES string of the molecule is C[C@@H]1CN(c2ccc(N3CCN(c4ccc(-c5ccc(C(=O)N[C@H]6C[C@@H](O)CNC(=O)[C@@H]7[C@@H](O)[C@@H](C)CN7C(=O)[C@H]([C@H](O)CCNC(CO)CO)NC(=O)[C@H]([C@H](O)Cc7ccc(O)c(OS(O)(O)O)c7)NC(=O)[C@@H]7C[C@@H](O)CN7C(=O)[C@H]([C@@H](C)O)NC6=O)cc5)cc4)CC3)cc2)C[C@H](C)O1. The zero-order chi connectivity index (χ0) is 72.4. The first-order chi connectivity index (χ1) is 47.5. The quantitative estimate of drug-likeness (QED) is 0.0474. The molecule has 0 unspecified atom stereocenters. The molecule has 0 radical (unpaired) electrons. The molecule has 9 rings (SSSR count). The summed E-state index contributed by atoms with van der Waals surface area (Å²) in [5.41, 5.74) is 4.93. The lowest BCUT2D eigenvalue weighted by Gasteiger charge is -2.38. The minimum absolute atomic E-state index is 0.0489. The van der Waals surface area contributed by atoms with Gasteiger partial charge in [-0.1, -0.05) is 37.3 Å². The molecule has 0 aromatic heterocycles. The predicted molar refractivity (Wildman–Crippen MR) is 365 cm³/mol. The number of anilines is 3. The highest BCUT2D eigenvalue weighted by atomic mass is 32.3. The molecule has 0 saturated carbocycles. The molecule has 33 heteroatoms. The summed E-state index contributed by atoms with van der Waals surface area (Å²) < 4.78 is 39.3. The molecule has 0 spiro atoms. The molecule has 0 bridgehead atoms. The lowest BCUT2D eigenvalue weighted by Crippen LogP contribution is -2.64. The van der Waals surface area contributed by atoms with Crippen LogP contribution in [0.2, 0.25) is 0 Å². The second-order valence-corrected chi connectivity index (χ2v) is 27.5. The van der Waals surface area contributed by atoms with Crippen LogP contribution in [0.5, 0.6) is 11.5 Å². The van der Waals surface area contributed by atoms with Crippen LogP contribution in [0.1, 0.15) is 62.9 Å². The van der Waals surface area contributed by atoms with E-state index in [0.717, 1.165) is 90.6 Å². The average molecular weight is 1420 g/mol. The number of aliphatic hydroxyl groups is 8. The molecule has 4 aromatic carbocycles. The van der Waals surface area contributed by atoms with Crippen molar-refractivity contribution in [2.24, 2.45) is 5.92 Å². The van der Waals surface area contributed by atoms with Crippen molar-refractivity contribution in [2.45, 2.75) is 145 Å². The lowest BCUT2D eigenvalue weighted by molar-refractivity contribution is -0.147. The molecule has 7 amide bonds. The van der Waals surface area contributed by atoms with Crippen LogP contribution in [0.25, 0.3) is 11.1 Å². The van der Waals surface area contributed by atoms with Crippen LogP contribution in [0, 0.1) is 5.92 Å². The number of rotatable bonds is 19. The summed E-state index contributed by atoms with van der Waals surface area (Å²) in [4.78, 5) is 111. The summed E-state index contributed by atoms with van der Waals surface area (Å²) in [6.07, 6.45) is -12.7. The van der Waals surface area contributed by atoms with E-state index >= 15 is 0 Å². The normalized spacial score (nSPS) is 27.5. The van der Waals surface area contributed by atoms with E-state index in [4.69, 9.17) is 4.74 Å². The molecule has 18 N–H and O–H groups in total. The van der Waals surface area contributed by atoms with Crippen molar-refractivity contribution >= 4 is 69.6 Å². The van der Waals surface area contributed by atoms with Gasteiger partial charge in [0.05, 0.1) is 68.1 Å². The summed E-state index contributed by atoms with van der Waals surface area (Å²) in [6.45, 7) is 8.66. The van der Waals surface area contributed by atoms with Crippen molar-refractivity contribution in [2.75, 3.05) is 93.4 Å². The van der Waals surface area contributed by atoms with Gasteiger partial charge < -0.3 is 111 Å². The van der Waals surface area contributed by atoms with Crippen molar-refractivity contribution in [3.63, 3.8) is 0 Å². The number of aromatic hydroxyl groups is 1. The Labute approximate surface area is 579 Å². The molecule has 4 aromatic rings. The Morgan fingerprint density at radius 2 is 1.19 bits per heavy atom. The second kappa shape index (κ2) is 33.7. The van der Waals surface area contributed by atoms with Crippen LogP contribution < -0.4 is 50.8 Å². The highest BCUT2D eigenvalue weighted by Gasteiger charge is 2.50. The molecular formula is C67H93N11O21S. The fourth-order valence-corrected chi connectivity index (χ4v) is 13.7. The molecule has 100 heavy (non-hydrogen) atoms. The van der Waals surface area contributed by atoms with Crippen LogP contribution in [0.15, 0.2) is 91.0 Å². The summed E-state index contributed by atoms with van der Waals surface area (Å²) in [5.74, 6) is -10.4. The second-order valence-electron chi connectivity index (χ2n) is 26.4. The number of phenolic OH excluding ortho intramolecular Hbond substituents is 1. The number of benzene rings is 4. The third kappa shape index (κ3) is 19.1. The third-order valence-corrected chi connectivity index (χ3v) is 19.1. The van der Waals surface area contributed by atoms with E-state index in [0.29, 0.717) is 0 Å². The Bertz CT molecular complexity index is 3460. The van der Waals surface area contributed by atoms with E-state index < -0.39 is 201 Å². The zero-order valence-corrected chi connectivity index (χ0v) is 56.7. The predicted octanol–water partition coefficient (Wildman–Crippen LogP) is -2.20. The Morgan fingerprint density at radius 3 is 1.77 bits per heavy atom. The van der Waals surface area contributed by atoms with E-state index in [9.17, 15) is 93.2 Å². The number of nitrogens with zero attached hydrogens (tertiary/aromatic N) is 5. The molecule has 5 aliphatic rings. The fraction of sp³-hybridized carbons (Fsp3) is 0.537. The van der Waals surface area contributed by atoms with Gasteiger partial charge in [0.1, 0.15) is 36.3 Å². The largest absolute Gasteiger partial charge is 0.504 e. The minimum atomic E-state index is -4.74. The first kappa shape index (κ1) is 76.2. The highest BCUT2D eigenvalue weighted by molar-refractivity contribution is 8.15. The molecule has 32 nitrogen and oxygen atoms in total. The van der Waals surface area contributed by atoms with Crippen molar-refractivity contribution in [3.8, 4) is 22.6 Å². The van der Waals surface area contributed by atoms with Gasteiger partial charge >= 0.3 is 0 Å². The lowest BCUT2D eigenvalue weighted by atomic mass is 9.98. The maximum absolute atomic E-state index is 15.0. The number of ether oxygens (including phenoxy) is 1. The van der Waals surface area contributed by atoms with E-state index in [1.807, 2.05) is 24.3 Å². The molecular weight excluding hydrogens is 1330 g/mol. The molecule has 15 atom stereocenters. The number of hydrogen-bond donors (Lipinski definition) is 18. The van der Waals surface area contributed by atoms with E-state index in [1.165, 1.54) is 30.8 Å². The number of morpholine rings is 1. The Hall–Kier alpha value is -8.00. The van der Waals surface area contributed by atoms with Gasteiger partial charge in [0.25, 0.3) is 17.1 Å². The number of β-amino-alcohol motifs (C(OH)–C–C–N with tert-alkyl or cyclic N) is 1. The number of hydrogen-bond acceptors (Lipinski definition) is 25. The maximum atomic E-state index is 15.0.